The van der Waals surface area contributed by atoms with Gasteiger partial charge in [0.1, 0.15) is 11.6 Å². The summed E-state index contributed by atoms with van der Waals surface area (Å²) in [6.45, 7) is 1.75. The van der Waals surface area contributed by atoms with Gasteiger partial charge >= 0.3 is 0 Å². The molecule has 0 aromatic heterocycles. The van der Waals surface area contributed by atoms with E-state index in [0.717, 1.165) is 11.3 Å². The molecule has 1 atom stereocenters. The lowest BCUT2D eigenvalue weighted by molar-refractivity contribution is -0.122. The lowest BCUT2D eigenvalue weighted by atomic mass is 10.1. The van der Waals surface area contributed by atoms with Crippen molar-refractivity contribution in [3.05, 3.63) is 59.4 Å². The van der Waals surface area contributed by atoms with Crippen LogP contribution >= 0.6 is 0 Å². The Labute approximate surface area is 116 Å². The third-order valence-corrected chi connectivity index (χ3v) is 3.39. The number of hydrogen-bond donors (Lipinski definition) is 1. The molecule has 1 aliphatic rings. The summed E-state index contributed by atoms with van der Waals surface area (Å²) >= 11 is 0. The lowest BCUT2D eigenvalue weighted by Gasteiger charge is -2.13. The van der Waals surface area contributed by atoms with E-state index in [1.54, 1.807) is 13.0 Å². The Hall–Kier alpha value is -2.36. The molecule has 0 saturated heterocycles. The fourth-order valence-electron chi connectivity index (χ4n) is 2.31. The van der Waals surface area contributed by atoms with E-state index < -0.39 is 6.10 Å². The van der Waals surface area contributed by atoms with Crippen molar-refractivity contribution >= 4 is 11.6 Å². The highest BCUT2D eigenvalue weighted by molar-refractivity contribution is 5.95. The molecule has 0 bridgehead atoms. The topological polar surface area (TPSA) is 38.3 Å². The van der Waals surface area contributed by atoms with Crippen LogP contribution in [0.2, 0.25) is 0 Å². The second-order valence-electron chi connectivity index (χ2n) is 4.87. The van der Waals surface area contributed by atoms with Crippen LogP contribution in [0, 0.1) is 12.7 Å². The summed E-state index contributed by atoms with van der Waals surface area (Å²) in [6.07, 6.45) is 0.0271. The van der Waals surface area contributed by atoms with Crippen molar-refractivity contribution in [2.45, 2.75) is 19.4 Å². The number of nitrogens with one attached hydrogen (secondary N) is 1. The molecule has 2 aromatic rings. The smallest absolute Gasteiger partial charge is 0.265 e. The molecule has 4 heteroatoms. The van der Waals surface area contributed by atoms with Crippen LogP contribution in [-0.4, -0.2) is 12.0 Å². The van der Waals surface area contributed by atoms with E-state index in [1.807, 2.05) is 24.3 Å². The molecule has 1 unspecified atom stereocenters. The molecule has 3 rings (SSSR count). The first-order valence-electron chi connectivity index (χ1n) is 6.45. The average Bonchev–Trinajstić information content (AvgIpc) is 2.86. The number of anilines is 1. The number of carbonyl (C=O) groups excluding carboxylic acids is 1. The van der Waals surface area contributed by atoms with Gasteiger partial charge in [-0.3, -0.25) is 4.79 Å². The number of rotatable bonds is 2. The summed E-state index contributed by atoms with van der Waals surface area (Å²) < 4.78 is 18.6. The maximum Gasteiger partial charge on any atom is 0.265 e. The van der Waals surface area contributed by atoms with Crippen molar-refractivity contribution in [3.8, 4) is 5.75 Å². The van der Waals surface area contributed by atoms with Gasteiger partial charge in [-0.2, -0.15) is 0 Å². The summed E-state index contributed by atoms with van der Waals surface area (Å²) in [5.41, 5.74) is 2.33. The van der Waals surface area contributed by atoms with Crippen molar-refractivity contribution < 1.29 is 13.9 Å². The molecule has 20 heavy (non-hydrogen) atoms. The summed E-state index contributed by atoms with van der Waals surface area (Å²) in [5, 5.41) is 2.78. The molecule has 0 spiro atoms. The Morgan fingerprint density at radius 2 is 2.10 bits per heavy atom. The first-order chi connectivity index (χ1) is 9.63. The van der Waals surface area contributed by atoms with Crippen molar-refractivity contribution in [1.29, 1.82) is 0 Å². The highest BCUT2D eigenvalue weighted by Crippen LogP contribution is 2.29. The predicted molar refractivity (Wildman–Crippen MR) is 74.3 cm³/mol. The van der Waals surface area contributed by atoms with Crippen LogP contribution in [-0.2, 0) is 11.2 Å². The van der Waals surface area contributed by atoms with E-state index in [0.29, 0.717) is 17.7 Å². The third-order valence-electron chi connectivity index (χ3n) is 3.39. The van der Waals surface area contributed by atoms with Crippen molar-refractivity contribution in [2.24, 2.45) is 0 Å². The van der Waals surface area contributed by atoms with Crippen LogP contribution < -0.4 is 10.1 Å². The monoisotopic (exact) mass is 271 g/mol. The highest BCUT2D eigenvalue weighted by atomic mass is 19.1. The largest absolute Gasteiger partial charge is 0.480 e. The number of benzene rings is 2. The molecule has 1 N–H and O–H groups in total. The standard InChI is InChI=1S/C16H14FNO2/c1-10-8-12(17)6-7-13(10)18-16(19)15-9-11-4-2-3-5-14(11)20-15/h2-8,15H,9H2,1H3,(H,18,19). The number of para-hydroxylation sites is 1. The highest BCUT2D eigenvalue weighted by Gasteiger charge is 2.28. The van der Waals surface area contributed by atoms with Gasteiger partial charge in [0.05, 0.1) is 0 Å². The van der Waals surface area contributed by atoms with Crippen LogP contribution in [0.4, 0.5) is 10.1 Å². The molecule has 0 saturated carbocycles. The quantitative estimate of drug-likeness (QED) is 0.911. The van der Waals surface area contributed by atoms with Crippen LogP contribution in [0.5, 0.6) is 5.75 Å². The molecule has 3 nitrogen and oxygen atoms in total. The van der Waals surface area contributed by atoms with E-state index >= 15 is 0 Å². The number of ether oxygens (including phenoxy) is 1. The summed E-state index contributed by atoms with van der Waals surface area (Å²) in [4.78, 5) is 12.2. The molecular weight excluding hydrogens is 257 g/mol. The van der Waals surface area contributed by atoms with E-state index in [1.165, 1.54) is 12.1 Å². The van der Waals surface area contributed by atoms with Crippen LogP contribution in [0.25, 0.3) is 0 Å². The van der Waals surface area contributed by atoms with Crippen molar-refractivity contribution in [2.75, 3.05) is 5.32 Å². The SMILES string of the molecule is Cc1cc(F)ccc1NC(=O)C1Cc2ccccc2O1. The fraction of sp³-hybridized carbons (Fsp3) is 0.188. The number of aryl methyl sites for hydroxylation is 1. The third kappa shape index (κ3) is 2.37. The van der Waals surface area contributed by atoms with Crippen LogP contribution in [0.15, 0.2) is 42.5 Å². The Morgan fingerprint density at radius 3 is 2.85 bits per heavy atom. The van der Waals surface area contributed by atoms with Gasteiger partial charge in [0.15, 0.2) is 6.10 Å². The maximum atomic E-state index is 13.0. The van der Waals surface area contributed by atoms with Gasteiger partial charge in [-0.25, -0.2) is 4.39 Å². The van der Waals surface area contributed by atoms with Crippen molar-refractivity contribution in [1.82, 2.24) is 0 Å². The van der Waals surface area contributed by atoms with E-state index in [4.69, 9.17) is 4.74 Å². The number of hydrogen-bond acceptors (Lipinski definition) is 2. The molecule has 2 aromatic carbocycles. The van der Waals surface area contributed by atoms with Crippen molar-refractivity contribution in [3.63, 3.8) is 0 Å². The van der Waals surface area contributed by atoms with Crippen LogP contribution in [0.1, 0.15) is 11.1 Å². The zero-order valence-corrected chi connectivity index (χ0v) is 11.0. The van der Waals surface area contributed by atoms with E-state index in [-0.39, 0.29) is 11.7 Å². The number of halogens is 1. The molecule has 1 aliphatic heterocycles. The second kappa shape index (κ2) is 4.96. The summed E-state index contributed by atoms with van der Waals surface area (Å²) in [6, 6.07) is 11.9. The average molecular weight is 271 g/mol. The van der Waals surface area contributed by atoms with Crippen LogP contribution in [0.3, 0.4) is 0 Å². The number of amides is 1. The normalized spacial score (nSPS) is 16.4. The van der Waals surface area contributed by atoms with Gasteiger partial charge in [0.25, 0.3) is 5.91 Å². The molecule has 102 valence electrons. The van der Waals surface area contributed by atoms with E-state index in [9.17, 15) is 9.18 Å². The van der Waals surface area contributed by atoms with E-state index in [2.05, 4.69) is 5.32 Å². The minimum absolute atomic E-state index is 0.212. The molecular formula is C16H14FNO2. The number of carbonyl (C=O) groups is 1. The fourth-order valence-corrected chi connectivity index (χ4v) is 2.31. The van der Waals surface area contributed by atoms with Gasteiger partial charge in [0, 0.05) is 12.1 Å². The minimum atomic E-state index is -0.531. The molecule has 0 aliphatic carbocycles. The lowest BCUT2D eigenvalue weighted by Crippen LogP contribution is -2.31. The Bertz CT molecular complexity index is 644. The first-order valence-corrected chi connectivity index (χ1v) is 6.45. The van der Waals surface area contributed by atoms with Gasteiger partial charge in [-0.15, -0.1) is 0 Å². The zero-order chi connectivity index (χ0) is 14.1. The Kier molecular flexibility index (Phi) is 3.14. The van der Waals surface area contributed by atoms with Gasteiger partial charge < -0.3 is 10.1 Å². The Balaban J connectivity index is 1.72. The summed E-state index contributed by atoms with van der Waals surface area (Å²) in [5.74, 6) is 0.226. The summed E-state index contributed by atoms with van der Waals surface area (Å²) in [7, 11) is 0. The van der Waals surface area contributed by atoms with Gasteiger partial charge in [0.2, 0.25) is 0 Å². The maximum absolute atomic E-state index is 13.0. The first kappa shape index (κ1) is 12.7. The second-order valence-corrected chi connectivity index (χ2v) is 4.87. The molecule has 1 amide bonds. The van der Waals surface area contributed by atoms with Gasteiger partial charge in [-0.1, -0.05) is 18.2 Å². The predicted octanol–water partition coefficient (Wildman–Crippen LogP) is 3.08. The Morgan fingerprint density at radius 1 is 1.30 bits per heavy atom. The minimum Gasteiger partial charge on any atom is -0.480 e. The zero-order valence-electron chi connectivity index (χ0n) is 11.0. The van der Waals surface area contributed by atoms with Gasteiger partial charge in [-0.05, 0) is 42.3 Å². The molecule has 0 radical (unpaired) electrons. The molecule has 0 fully saturated rings. The molecule has 1 heterocycles. The number of fused-ring (bicyclic) bond motifs is 1.